The molecule has 1 aliphatic rings. The molecule has 0 radical (unpaired) electrons. The fourth-order valence-corrected chi connectivity index (χ4v) is 4.81. The predicted molar refractivity (Wildman–Crippen MR) is 140 cm³/mol. The molecule has 3 aromatic rings. The van der Waals surface area contributed by atoms with Crippen molar-refractivity contribution in [1.29, 1.82) is 0 Å². The Bertz CT molecular complexity index is 1380. The first-order valence-electron chi connectivity index (χ1n) is 12.2. The Morgan fingerprint density at radius 3 is 2.33 bits per heavy atom. The molecule has 0 spiro atoms. The van der Waals surface area contributed by atoms with Crippen molar-refractivity contribution in [1.82, 2.24) is 19.7 Å². The van der Waals surface area contributed by atoms with Crippen molar-refractivity contribution in [3.8, 4) is 11.4 Å². The predicted octanol–water partition coefficient (Wildman–Crippen LogP) is 5.36. The van der Waals surface area contributed by atoms with Gasteiger partial charge in [0.2, 0.25) is 5.91 Å². The lowest BCUT2D eigenvalue weighted by molar-refractivity contribution is -0.274. The number of nitrogens with zero attached hydrogens (tertiary/aromatic N) is 4. The van der Waals surface area contributed by atoms with E-state index in [1.165, 1.54) is 27.9 Å². The maximum Gasteiger partial charge on any atom is 0.573 e. The molecule has 14 heteroatoms. The normalized spacial score (nSPS) is 14.8. The standard InChI is InChI=1S/C25H30F3N5O5Si/c1-24(2,3)39(4,5)37-14-19(34)30-18-10-11-29-22-20(18)21(15-12-32(13-15)23(35)36)31-33(22)16-6-8-17(9-7-16)38-25(26,27)28/h6-11,15H,12-14H2,1-5H3,(H,35,36)(H,29,30,34). The summed E-state index contributed by atoms with van der Waals surface area (Å²) in [6.07, 6.45) is -4.39. The fourth-order valence-electron chi connectivity index (χ4n) is 3.88. The molecule has 39 heavy (non-hydrogen) atoms. The first-order valence-corrected chi connectivity index (χ1v) is 15.1. The summed E-state index contributed by atoms with van der Waals surface area (Å²) >= 11 is 0. The minimum Gasteiger partial charge on any atom is -0.465 e. The molecule has 1 fully saturated rings. The van der Waals surface area contributed by atoms with Crippen molar-refractivity contribution in [3.05, 3.63) is 42.2 Å². The summed E-state index contributed by atoms with van der Waals surface area (Å²) in [6.45, 7) is 10.6. The van der Waals surface area contributed by atoms with E-state index in [2.05, 4.69) is 40.9 Å². The molecule has 2 N–H and O–H groups in total. The van der Waals surface area contributed by atoms with E-state index in [0.29, 0.717) is 28.1 Å². The molecule has 0 bridgehead atoms. The molecule has 0 atom stereocenters. The summed E-state index contributed by atoms with van der Waals surface area (Å²) in [6, 6.07) is 6.75. The summed E-state index contributed by atoms with van der Waals surface area (Å²) in [7, 11) is -2.17. The number of fused-ring (bicyclic) bond motifs is 1. The fraction of sp³-hybridized carbons (Fsp3) is 0.440. The topological polar surface area (TPSA) is 119 Å². The van der Waals surface area contributed by atoms with Crippen LogP contribution in [0.2, 0.25) is 18.1 Å². The Balaban J connectivity index is 1.68. The molecular weight excluding hydrogens is 535 g/mol. The third-order valence-electron chi connectivity index (χ3n) is 7.09. The van der Waals surface area contributed by atoms with E-state index in [9.17, 15) is 27.9 Å². The van der Waals surface area contributed by atoms with Gasteiger partial charge in [0.15, 0.2) is 14.0 Å². The number of nitrogens with one attached hydrogen (secondary N) is 1. The number of hydrogen-bond donors (Lipinski definition) is 2. The van der Waals surface area contributed by atoms with E-state index in [0.717, 1.165) is 12.1 Å². The maximum absolute atomic E-state index is 12.9. The van der Waals surface area contributed by atoms with Crippen LogP contribution in [0.5, 0.6) is 5.75 Å². The number of carboxylic acid groups (broad SMARTS) is 1. The minimum atomic E-state index is -4.82. The van der Waals surface area contributed by atoms with Gasteiger partial charge in [0, 0.05) is 25.2 Å². The first-order chi connectivity index (χ1) is 18.1. The molecule has 2 amide bonds. The van der Waals surface area contributed by atoms with Crippen LogP contribution in [-0.4, -0.2) is 71.1 Å². The number of carbonyl (C=O) groups excluding carboxylic acids is 1. The van der Waals surface area contributed by atoms with Crippen molar-refractivity contribution in [2.45, 2.75) is 51.2 Å². The SMILES string of the molecule is CC(C)(C)[Si](C)(C)OCC(=O)Nc1ccnc2c1c(C1CN(C(=O)O)C1)nn2-c1ccc(OC(F)(F)F)cc1. The van der Waals surface area contributed by atoms with Crippen molar-refractivity contribution < 1.29 is 37.0 Å². The average Bonchev–Trinajstić information content (AvgIpc) is 3.15. The highest BCUT2D eigenvalue weighted by Gasteiger charge is 2.38. The van der Waals surface area contributed by atoms with Gasteiger partial charge in [-0.1, -0.05) is 20.8 Å². The van der Waals surface area contributed by atoms with Gasteiger partial charge in [0.1, 0.15) is 12.4 Å². The highest BCUT2D eigenvalue weighted by atomic mass is 28.4. The molecule has 210 valence electrons. The molecule has 0 saturated carbocycles. The molecule has 10 nitrogen and oxygen atoms in total. The third kappa shape index (κ3) is 6.17. The van der Waals surface area contributed by atoms with Gasteiger partial charge >= 0.3 is 12.5 Å². The van der Waals surface area contributed by atoms with Gasteiger partial charge in [-0.3, -0.25) is 4.79 Å². The number of rotatable bonds is 7. The molecule has 1 saturated heterocycles. The molecule has 3 heterocycles. The average molecular weight is 566 g/mol. The van der Waals surface area contributed by atoms with Gasteiger partial charge < -0.3 is 24.5 Å². The maximum atomic E-state index is 12.9. The Hall–Kier alpha value is -3.65. The van der Waals surface area contributed by atoms with Gasteiger partial charge in [0.05, 0.1) is 22.5 Å². The first kappa shape index (κ1) is 28.4. The highest BCUT2D eigenvalue weighted by molar-refractivity contribution is 6.74. The van der Waals surface area contributed by atoms with Crippen molar-refractivity contribution in [2.75, 3.05) is 25.0 Å². The zero-order valence-electron chi connectivity index (χ0n) is 22.2. The monoisotopic (exact) mass is 565 g/mol. The second-order valence-electron chi connectivity index (χ2n) is 10.9. The summed E-state index contributed by atoms with van der Waals surface area (Å²) < 4.78 is 49.2. The van der Waals surface area contributed by atoms with E-state index in [1.54, 1.807) is 6.07 Å². The van der Waals surface area contributed by atoms with Gasteiger partial charge in [-0.15, -0.1) is 13.2 Å². The smallest absolute Gasteiger partial charge is 0.465 e. The van der Waals surface area contributed by atoms with Crippen LogP contribution in [0.25, 0.3) is 16.7 Å². The third-order valence-corrected chi connectivity index (χ3v) is 11.6. The van der Waals surface area contributed by atoms with Crippen LogP contribution in [-0.2, 0) is 9.22 Å². The summed E-state index contributed by atoms with van der Waals surface area (Å²) in [5.41, 5.74) is 1.71. The van der Waals surface area contributed by atoms with Crippen LogP contribution in [0.15, 0.2) is 36.5 Å². The number of anilines is 1. The minimum absolute atomic E-state index is 0.0769. The van der Waals surface area contributed by atoms with E-state index in [-0.39, 0.29) is 42.3 Å². The number of amides is 2. The summed E-state index contributed by atoms with van der Waals surface area (Å²) in [5, 5.41) is 17.3. The number of halogens is 3. The second kappa shape index (κ2) is 10.1. The Morgan fingerprint density at radius 2 is 1.77 bits per heavy atom. The van der Waals surface area contributed by atoms with E-state index in [4.69, 9.17) is 4.43 Å². The largest absolute Gasteiger partial charge is 0.573 e. The number of alkyl halides is 3. The summed E-state index contributed by atoms with van der Waals surface area (Å²) in [4.78, 5) is 29.9. The number of benzene rings is 1. The lowest BCUT2D eigenvalue weighted by Gasteiger charge is -2.36. The lowest BCUT2D eigenvalue weighted by atomic mass is 9.94. The number of likely N-dealkylation sites (tertiary alicyclic amines) is 1. The molecule has 0 unspecified atom stereocenters. The van der Waals surface area contributed by atoms with Crippen LogP contribution >= 0.6 is 0 Å². The van der Waals surface area contributed by atoms with Gasteiger partial charge in [-0.2, -0.15) is 5.10 Å². The van der Waals surface area contributed by atoms with Crippen LogP contribution < -0.4 is 10.1 Å². The second-order valence-corrected chi connectivity index (χ2v) is 15.7. The molecule has 4 rings (SSSR count). The van der Waals surface area contributed by atoms with Gasteiger partial charge in [-0.25, -0.2) is 14.5 Å². The van der Waals surface area contributed by atoms with E-state index < -0.39 is 20.8 Å². The number of aromatic nitrogens is 3. The quantitative estimate of drug-likeness (QED) is 0.371. The Labute approximate surface area is 223 Å². The van der Waals surface area contributed by atoms with Gasteiger partial charge in [0.25, 0.3) is 0 Å². The van der Waals surface area contributed by atoms with Crippen LogP contribution in [0.4, 0.5) is 23.7 Å². The van der Waals surface area contributed by atoms with Crippen LogP contribution in [0, 0.1) is 0 Å². The van der Waals surface area contributed by atoms with E-state index >= 15 is 0 Å². The Kier molecular flexibility index (Phi) is 7.38. The van der Waals surface area contributed by atoms with Crippen LogP contribution in [0.3, 0.4) is 0 Å². The number of ether oxygens (including phenoxy) is 1. The van der Waals surface area contributed by atoms with Gasteiger partial charge in [-0.05, 0) is 48.5 Å². The zero-order chi connectivity index (χ0) is 28.8. The highest BCUT2D eigenvalue weighted by Crippen LogP contribution is 2.38. The molecular formula is C25H30F3N5O5Si. The number of pyridine rings is 1. The molecule has 1 aromatic carbocycles. The number of hydrogen-bond acceptors (Lipinski definition) is 6. The molecule has 2 aromatic heterocycles. The molecule has 1 aliphatic heterocycles. The van der Waals surface area contributed by atoms with Crippen molar-refractivity contribution in [2.24, 2.45) is 0 Å². The lowest BCUT2D eigenvalue weighted by Crippen LogP contribution is -2.48. The zero-order valence-corrected chi connectivity index (χ0v) is 23.2. The van der Waals surface area contributed by atoms with Crippen molar-refractivity contribution in [3.63, 3.8) is 0 Å². The van der Waals surface area contributed by atoms with Crippen LogP contribution in [0.1, 0.15) is 32.4 Å². The Morgan fingerprint density at radius 1 is 1.13 bits per heavy atom. The van der Waals surface area contributed by atoms with E-state index in [1.807, 2.05) is 13.1 Å². The molecule has 0 aliphatic carbocycles. The van der Waals surface area contributed by atoms with Crippen molar-refractivity contribution >= 4 is 37.0 Å². The summed E-state index contributed by atoms with van der Waals surface area (Å²) in [5.74, 6) is -1.01. The number of carbonyl (C=O) groups is 2.